The Bertz CT molecular complexity index is 306. The first-order valence-corrected chi connectivity index (χ1v) is 5.57. The van der Waals surface area contributed by atoms with Gasteiger partial charge in [0.15, 0.2) is 5.41 Å². The van der Waals surface area contributed by atoms with Crippen LogP contribution < -0.4 is 0 Å². The fourth-order valence-corrected chi connectivity index (χ4v) is 1.67. The average Bonchev–Trinajstić information content (AvgIpc) is 2.26. The van der Waals surface area contributed by atoms with Crippen molar-refractivity contribution < 1.29 is 19.4 Å². The zero-order valence-corrected chi connectivity index (χ0v) is 9.73. The lowest BCUT2D eigenvalue weighted by Gasteiger charge is -2.26. The number of carboxylic acids is 1. The summed E-state index contributed by atoms with van der Waals surface area (Å²) in [5.41, 5.74) is -1.45. The molecule has 1 rings (SSSR count). The number of esters is 1. The SMILES string of the molecule is CC(C)COC(=O)C1(C(=O)O)C=CCCC1. The van der Waals surface area contributed by atoms with Crippen molar-refractivity contribution in [3.05, 3.63) is 12.2 Å². The fourth-order valence-electron chi connectivity index (χ4n) is 1.67. The zero-order chi connectivity index (χ0) is 12.2. The standard InChI is InChI=1S/C12H18O4/c1-9(2)8-16-11(15)12(10(13)14)6-4-3-5-7-12/h4,6,9H,3,5,7-8H2,1-2H3,(H,13,14). The third kappa shape index (κ3) is 2.62. The highest BCUT2D eigenvalue weighted by atomic mass is 16.5. The minimum absolute atomic E-state index is 0.211. The summed E-state index contributed by atoms with van der Waals surface area (Å²) in [6.07, 6.45) is 5.08. The monoisotopic (exact) mass is 226 g/mol. The minimum Gasteiger partial charge on any atom is -0.480 e. The van der Waals surface area contributed by atoms with E-state index >= 15 is 0 Å². The van der Waals surface area contributed by atoms with Gasteiger partial charge >= 0.3 is 11.9 Å². The van der Waals surface area contributed by atoms with Crippen LogP contribution in [0.4, 0.5) is 0 Å². The number of hydrogen-bond acceptors (Lipinski definition) is 3. The maximum Gasteiger partial charge on any atom is 0.327 e. The van der Waals surface area contributed by atoms with Crippen LogP contribution in [0.15, 0.2) is 12.2 Å². The molecule has 16 heavy (non-hydrogen) atoms. The number of allylic oxidation sites excluding steroid dienone is 1. The van der Waals surface area contributed by atoms with Crippen LogP contribution in [0.1, 0.15) is 33.1 Å². The molecule has 4 heteroatoms. The highest BCUT2D eigenvalue weighted by Crippen LogP contribution is 2.33. The maximum atomic E-state index is 11.8. The van der Waals surface area contributed by atoms with Gasteiger partial charge in [-0.3, -0.25) is 9.59 Å². The second-order valence-corrected chi connectivity index (χ2v) is 4.56. The van der Waals surface area contributed by atoms with Crippen LogP contribution in [0.25, 0.3) is 0 Å². The molecule has 0 heterocycles. The first kappa shape index (κ1) is 12.7. The lowest BCUT2D eigenvalue weighted by molar-refractivity contribution is -0.166. The Kier molecular flexibility index (Phi) is 4.10. The Morgan fingerprint density at radius 3 is 2.62 bits per heavy atom. The van der Waals surface area contributed by atoms with Gasteiger partial charge in [0.1, 0.15) is 0 Å². The first-order chi connectivity index (χ1) is 7.49. The smallest absolute Gasteiger partial charge is 0.327 e. The molecule has 1 N–H and O–H groups in total. The zero-order valence-electron chi connectivity index (χ0n) is 9.73. The number of carbonyl (C=O) groups is 2. The number of ether oxygens (including phenoxy) is 1. The van der Waals surface area contributed by atoms with E-state index in [9.17, 15) is 14.7 Å². The number of aliphatic carboxylic acids is 1. The molecule has 0 aromatic carbocycles. The molecule has 0 spiro atoms. The van der Waals surface area contributed by atoms with E-state index in [1.54, 1.807) is 6.08 Å². The Hall–Kier alpha value is -1.32. The topological polar surface area (TPSA) is 63.6 Å². The van der Waals surface area contributed by atoms with Gasteiger partial charge in [0.05, 0.1) is 6.61 Å². The van der Waals surface area contributed by atoms with Crippen LogP contribution >= 0.6 is 0 Å². The third-order valence-corrected chi connectivity index (χ3v) is 2.64. The molecule has 1 unspecified atom stereocenters. The van der Waals surface area contributed by atoms with E-state index in [1.807, 2.05) is 13.8 Å². The second-order valence-electron chi connectivity index (χ2n) is 4.56. The molecule has 0 aliphatic heterocycles. The van der Waals surface area contributed by atoms with E-state index in [-0.39, 0.29) is 12.5 Å². The summed E-state index contributed by atoms with van der Waals surface area (Å²) in [6, 6.07) is 0. The minimum atomic E-state index is -1.45. The molecular weight excluding hydrogens is 208 g/mol. The molecule has 90 valence electrons. The lowest BCUT2D eigenvalue weighted by Crippen LogP contribution is -2.40. The van der Waals surface area contributed by atoms with E-state index in [1.165, 1.54) is 6.08 Å². The molecule has 0 aromatic rings. The summed E-state index contributed by atoms with van der Waals surface area (Å²) in [7, 11) is 0. The van der Waals surface area contributed by atoms with Crippen molar-refractivity contribution in [3.8, 4) is 0 Å². The van der Waals surface area contributed by atoms with Crippen LogP contribution in [0.2, 0.25) is 0 Å². The molecule has 0 saturated heterocycles. The Labute approximate surface area is 95.3 Å². The van der Waals surface area contributed by atoms with Crippen molar-refractivity contribution in [2.24, 2.45) is 11.3 Å². The summed E-state index contributed by atoms with van der Waals surface area (Å²) >= 11 is 0. The largest absolute Gasteiger partial charge is 0.480 e. The Balaban J connectivity index is 2.77. The molecule has 0 amide bonds. The molecule has 1 aliphatic rings. The molecule has 0 fully saturated rings. The van der Waals surface area contributed by atoms with Gasteiger partial charge < -0.3 is 9.84 Å². The van der Waals surface area contributed by atoms with Crippen LogP contribution in [0, 0.1) is 11.3 Å². The van der Waals surface area contributed by atoms with Gasteiger partial charge in [0, 0.05) is 0 Å². The number of carbonyl (C=O) groups excluding carboxylic acids is 1. The van der Waals surface area contributed by atoms with Crippen molar-refractivity contribution >= 4 is 11.9 Å². The van der Waals surface area contributed by atoms with Crippen LogP contribution in [-0.4, -0.2) is 23.7 Å². The number of rotatable bonds is 4. The summed E-state index contributed by atoms with van der Waals surface area (Å²) in [5, 5.41) is 9.17. The van der Waals surface area contributed by atoms with Gasteiger partial charge in [0.25, 0.3) is 0 Å². The van der Waals surface area contributed by atoms with E-state index in [0.29, 0.717) is 12.8 Å². The van der Waals surface area contributed by atoms with Crippen molar-refractivity contribution in [2.75, 3.05) is 6.61 Å². The average molecular weight is 226 g/mol. The highest BCUT2D eigenvalue weighted by Gasteiger charge is 2.46. The van der Waals surface area contributed by atoms with Gasteiger partial charge in [-0.15, -0.1) is 0 Å². The van der Waals surface area contributed by atoms with Gasteiger partial charge in [-0.05, 0) is 25.2 Å². The summed E-state index contributed by atoms with van der Waals surface area (Å²) in [5.74, 6) is -1.54. The van der Waals surface area contributed by atoms with Crippen molar-refractivity contribution in [3.63, 3.8) is 0 Å². The second kappa shape index (κ2) is 5.14. The van der Waals surface area contributed by atoms with Crippen molar-refractivity contribution in [1.29, 1.82) is 0 Å². The maximum absolute atomic E-state index is 11.8. The highest BCUT2D eigenvalue weighted by molar-refractivity contribution is 6.01. The Morgan fingerprint density at radius 1 is 1.50 bits per heavy atom. The van der Waals surface area contributed by atoms with Gasteiger partial charge in [-0.1, -0.05) is 26.0 Å². The Morgan fingerprint density at radius 2 is 2.19 bits per heavy atom. The molecule has 0 radical (unpaired) electrons. The van der Waals surface area contributed by atoms with Crippen molar-refractivity contribution in [1.82, 2.24) is 0 Å². The van der Waals surface area contributed by atoms with Crippen LogP contribution in [0.5, 0.6) is 0 Å². The molecule has 0 saturated carbocycles. The molecule has 1 aliphatic carbocycles. The summed E-state index contributed by atoms with van der Waals surface area (Å²) < 4.78 is 5.04. The third-order valence-electron chi connectivity index (χ3n) is 2.64. The molecular formula is C12H18O4. The van der Waals surface area contributed by atoms with Crippen LogP contribution in [0.3, 0.4) is 0 Å². The van der Waals surface area contributed by atoms with Gasteiger partial charge in [-0.2, -0.15) is 0 Å². The lowest BCUT2D eigenvalue weighted by atomic mass is 9.79. The van der Waals surface area contributed by atoms with Crippen LogP contribution in [-0.2, 0) is 14.3 Å². The molecule has 0 aromatic heterocycles. The summed E-state index contributed by atoms with van der Waals surface area (Å²) in [6.45, 7) is 4.09. The van der Waals surface area contributed by atoms with E-state index in [2.05, 4.69) is 0 Å². The van der Waals surface area contributed by atoms with Crippen molar-refractivity contribution in [2.45, 2.75) is 33.1 Å². The van der Waals surface area contributed by atoms with E-state index < -0.39 is 17.4 Å². The predicted molar refractivity (Wildman–Crippen MR) is 58.9 cm³/mol. The van der Waals surface area contributed by atoms with Gasteiger partial charge in [0.2, 0.25) is 0 Å². The predicted octanol–water partition coefficient (Wildman–Crippen LogP) is 2.00. The van der Waals surface area contributed by atoms with E-state index in [0.717, 1.165) is 6.42 Å². The quantitative estimate of drug-likeness (QED) is 0.452. The molecule has 1 atom stereocenters. The fraction of sp³-hybridized carbons (Fsp3) is 0.667. The normalized spacial score (nSPS) is 24.4. The van der Waals surface area contributed by atoms with Gasteiger partial charge in [-0.25, -0.2) is 0 Å². The van der Waals surface area contributed by atoms with E-state index in [4.69, 9.17) is 4.74 Å². The molecule has 4 nitrogen and oxygen atoms in total. The summed E-state index contributed by atoms with van der Waals surface area (Å²) in [4.78, 5) is 23.0. The molecule has 0 bridgehead atoms. The number of carboxylic acid groups (broad SMARTS) is 1. The number of hydrogen-bond donors (Lipinski definition) is 1. The first-order valence-electron chi connectivity index (χ1n) is 5.57.